The summed E-state index contributed by atoms with van der Waals surface area (Å²) in [7, 11) is 0. The molecule has 1 heterocycles. The molecule has 1 saturated heterocycles. The molecule has 2 N–H and O–H groups in total. The number of nitrogens with one attached hydrogen (secondary N) is 2. The molecule has 5 nitrogen and oxygen atoms in total. The van der Waals surface area contributed by atoms with E-state index in [0.717, 1.165) is 0 Å². The predicted octanol–water partition coefficient (Wildman–Crippen LogP) is 1.69. The van der Waals surface area contributed by atoms with Gasteiger partial charge in [-0.2, -0.15) is 0 Å². The first-order valence-electron chi connectivity index (χ1n) is 7.04. The first-order chi connectivity index (χ1) is 9.72. The van der Waals surface area contributed by atoms with Crippen molar-refractivity contribution in [1.29, 1.82) is 0 Å². The summed E-state index contributed by atoms with van der Waals surface area (Å²) in [5, 5.41) is 5.50. The van der Waals surface area contributed by atoms with Gasteiger partial charge in [-0.25, -0.2) is 0 Å². The number of carbonyl (C=O) groups excluding carboxylic acids is 2. The van der Waals surface area contributed by atoms with Gasteiger partial charge in [-0.3, -0.25) is 9.59 Å². The quantitative estimate of drug-likeness (QED) is 0.858. The van der Waals surface area contributed by atoms with E-state index in [1.165, 1.54) is 12.8 Å². The Morgan fingerprint density at radius 1 is 1.30 bits per heavy atom. The molecule has 0 bridgehead atoms. The highest BCUT2D eigenvalue weighted by Gasteiger charge is 2.28. The second-order valence-electron chi connectivity index (χ2n) is 5.40. The SMILES string of the molecule is O=C1CCC(C(=O)Nc2ccccc2OCC2CC2)N1. The van der Waals surface area contributed by atoms with Gasteiger partial charge in [0.1, 0.15) is 11.8 Å². The summed E-state index contributed by atoms with van der Waals surface area (Å²) in [5.74, 6) is 1.10. The highest BCUT2D eigenvalue weighted by molar-refractivity contribution is 5.99. The summed E-state index contributed by atoms with van der Waals surface area (Å²) in [6.07, 6.45) is 3.42. The van der Waals surface area contributed by atoms with E-state index in [0.29, 0.717) is 36.8 Å². The van der Waals surface area contributed by atoms with Crippen molar-refractivity contribution >= 4 is 17.5 Å². The molecule has 106 valence electrons. The average Bonchev–Trinajstić information content (AvgIpc) is 3.18. The molecule has 1 aliphatic heterocycles. The van der Waals surface area contributed by atoms with Crippen LogP contribution >= 0.6 is 0 Å². The zero-order chi connectivity index (χ0) is 13.9. The number of hydrogen-bond acceptors (Lipinski definition) is 3. The van der Waals surface area contributed by atoms with Crippen LogP contribution in [-0.4, -0.2) is 24.5 Å². The Hall–Kier alpha value is -2.04. The summed E-state index contributed by atoms with van der Waals surface area (Å²) in [5.41, 5.74) is 0.666. The minimum absolute atomic E-state index is 0.0663. The van der Waals surface area contributed by atoms with Crippen LogP contribution in [0.5, 0.6) is 5.75 Å². The third kappa shape index (κ3) is 3.10. The maximum Gasteiger partial charge on any atom is 0.247 e. The van der Waals surface area contributed by atoms with Crippen molar-refractivity contribution < 1.29 is 14.3 Å². The van der Waals surface area contributed by atoms with E-state index in [1.807, 2.05) is 24.3 Å². The largest absolute Gasteiger partial charge is 0.491 e. The molecule has 2 aliphatic rings. The van der Waals surface area contributed by atoms with Gasteiger partial charge >= 0.3 is 0 Å². The van der Waals surface area contributed by atoms with Crippen LogP contribution in [0.2, 0.25) is 0 Å². The second-order valence-corrected chi connectivity index (χ2v) is 5.40. The fraction of sp³-hybridized carbons (Fsp3) is 0.467. The third-order valence-corrected chi connectivity index (χ3v) is 3.63. The van der Waals surface area contributed by atoms with Gasteiger partial charge in [0.2, 0.25) is 11.8 Å². The van der Waals surface area contributed by atoms with Crippen molar-refractivity contribution in [3.63, 3.8) is 0 Å². The smallest absolute Gasteiger partial charge is 0.247 e. The molecule has 1 aromatic carbocycles. The van der Waals surface area contributed by atoms with Crippen LogP contribution in [0.3, 0.4) is 0 Å². The number of ether oxygens (including phenoxy) is 1. The molecule has 1 aliphatic carbocycles. The molecule has 0 spiro atoms. The van der Waals surface area contributed by atoms with Gasteiger partial charge in [0.25, 0.3) is 0 Å². The molecule has 3 rings (SSSR count). The van der Waals surface area contributed by atoms with E-state index < -0.39 is 6.04 Å². The Bertz CT molecular complexity index is 526. The number of para-hydroxylation sites is 2. The molecule has 20 heavy (non-hydrogen) atoms. The van der Waals surface area contributed by atoms with Crippen LogP contribution in [0, 0.1) is 5.92 Å². The van der Waals surface area contributed by atoms with Gasteiger partial charge < -0.3 is 15.4 Å². The molecule has 1 aromatic rings. The Morgan fingerprint density at radius 3 is 2.80 bits per heavy atom. The summed E-state index contributed by atoms with van der Waals surface area (Å²) in [4.78, 5) is 23.2. The fourth-order valence-corrected chi connectivity index (χ4v) is 2.22. The van der Waals surface area contributed by atoms with E-state index in [1.54, 1.807) is 0 Å². The molecule has 5 heteroatoms. The maximum atomic E-state index is 12.1. The first-order valence-corrected chi connectivity index (χ1v) is 7.04. The number of amides is 2. The average molecular weight is 274 g/mol. The molecule has 0 aromatic heterocycles. The lowest BCUT2D eigenvalue weighted by atomic mass is 10.2. The molecule has 1 unspecified atom stereocenters. The summed E-state index contributed by atoms with van der Waals surface area (Å²) in [6, 6.07) is 6.98. The lowest BCUT2D eigenvalue weighted by molar-refractivity contribution is -0.122. The van der Waals surface area contributed by atoms with Gasteiger partial charge in [-0.1, -0.05) is 12.1 Å². The maximum absolute atomic E-state index is 12.1. The molecule has 1 atom stereocenters. The number of anilines is 1. The van der Waals surface area contributed by atoms with Crippen molar-refractivity contribution in [1.82, 2.24) is 5.32 Å². The van der Waals surface area contributed by atoms with Crippen LogP contribution in [0.25, 0.3) is 0 Å². The van der Waals surface area contributed by atoms with Crippen molar-refractivity contribution in [3.05, 3.63) is 24.3 Å². The van der Waals surface area contributed by atoms with Gasteiger partial charge in [0, 0.05) is 6.42 Å². The summed E-state index contributed by atoms with van der Waals surface area (Å²) in [6.45, 7) is 0.701. The van der Waals surface area contributed by atoms with E-state index in [9.17, 15) is 9.59 Å². The van der Waals surface area contributed by atoms with Crippen molar-refractivity contribution in [2.75, 3.05) is 11.9 Å². The van der Waals surface area contributed by atoms with Gasteiger partial charge in [0.15, 0.2) is 0 Å². The molecule has 2 fully saturated rings. The second kappa shape index (κ2) is 5.53. The summed E-state index contributed by atoms with van der Waals surface area (Å²) < 4.78 is 5.74. The van der Waals surface area contributed by atoms with E-state index in [4.69, 9.17) is 4.74 Å². The van der Waals surface area contributed by atoms with E-state index in [-0.39, 0.29) is 11.8 Å². The molecule has 2 amide bonds. The standard InChI is InChI=1S/C15H18N2O3/c18-14-8-7-12(16-14)15(19)17-11-3-1-2-4-13(11)20-9-10-5-6-10/h1-4,10,12H,5-9H2,(H,16,18)(H,17,19). The number of carbonyl (C=O) groups is 2. The monoisotopic (exact) mass is 274 g/mol. The summed E-state index contributed by atoms with van der Waals surface area (Å²) >= 11 is 0. The Labute approximate surface area is 117 Å². The molecular weight excluding hydrogens is 256 g/mol. The normalized spacial score (nSPS) is 21.4. The minimum Gasteiger partial charge on any atom is -0.491 e. The van der Waals surface area contributed by atoms with Gasteiger partial charge in [-0.05, 0) is 37.3 Å². The van der Waals surface area contributed by atoms with Crippen LogP contribution < -0.4 is 15.4 Å². The van der Waals surface area contributed by atoms with Gasteiger partial charge in [0.05, 0.1) is 12.3 Å². The van der Waals surface area contributed by atoms with Crippen LogP contribution in [-0.2, 0) is 9.59 Å². The number of benzene rings is 1. The highest BCUT2D eigenvalue weighted by atomic mass is 16.5. The Balaban J connectivity index is 1.63. The predicted molar refractivity (Wildman–Crippen MR) is 74.5 cm³/mol. The topological polar surface area (TPSA) is 67.4 Å². The van der Waals surface area contributed by atoms with Crippen LogP contribution in [0.15, 0.2) is 24.3 Å². The van der Waals surface area contributed by atoms with Gasteiger partial charge in [-0.15, -0.1) is 0 Å². The van der Waals surface area contributed by atoms with Crippen LogP contribution in [0.4, 0.5) is 5.69 Å². The number of rotatable bonds is 5. The molecule has 0 radical (unpaired) electrons. The third-order valence-electron chi connectivity index (χ3n) is 3.63. The van der Waals surface area contributed by atoms with Crippen molar-refractivity contribution in [2.24, 2.45) is 5.92 Å². The Morgan fingerprint density at radius 2 is 2.10 bits per heavy atom. The van der Waals surface area contributed by atoms with Crippen molar-refractivity contribution in [2.45, 2.75) is 31.7 Å². The highest BCUT2D eigenvalue weighted by Crippen LogP contribution is 2.31. The van der Waals surface area contributed by atoms with Crippen molar-refractivity contribution in [3.8, 4) is 5.75 Å². The zero-order valence-electron chi connectivity index (χ0n) is 11.2. The fourth-order valence-electron chi connectivity index (χ4n) is 2.22. The lowest BCUT2D eigenvalue weighted by Gasteiger charge is -2.14. The first kappa shape index (κ1) is 13.0. The Kier molecular flexibility index (Phi) is 3.58. The molecule has 1 saturated carbocycles. The molecular formula is C15H18N2O3. The zero-order valence-corrected chi connectivity index (χ0v) is 11.2. The number of hydrogen-bond donors (Lipinski definition) is 2. The minimum atomic E-state index is -0.431. The van der Waals surface area contributed by atoms with E-state index >= 15 is 0 Å². The lowest BCUT2D eigenvalue weighted by Crippen LogP contribution is -2.37. The van der Waals surface area contributed by atoms with Crippen LogP contribution in [0.1, 0.15) is 25.7 Å². The van der Waals surface area contributed by atoms with E-state index in [2.05, 4.69) is 10.6 Å².